The molecule has 1 aromatic rings. The van der Waals surface area contributed by atoms with Crippen LogP contribution in [-0.4, -0.2) is 21.0 Å². The van der Waals surface area contributed by atoms with Crippen molar-refractivity contribution in [3.63, 3.8) is 0 Å². The zero-order chi connectivity index (χ0) is 14.5. The molecular weight excluding hydrogens is 296 g/mol. The second-order valence-electron chi connectivity index (χ2n) is 4.97. The molecule has 6 heteroatoms. The van der Waals surface area contributed by atoms with Crippen molar-refractivity contribution in [3.05, 3.63) is 29.3 Å². The van der Waals surface area contributed by atoms with Crippen LogP contribution in [0.25, 0.3) is 0 Å². The lowest BCUT2D eigenvalue weighted by atomic mass is 10.1. The first-order valence-electron chi connectivity index (χ1n) is 6.70. The van der Waals surface area contributed by atoms with E-state index in [9.17, 15) is 8.42 Å². The average molecular weight is 321 g/mol. The summed E-state index contributed by atoms with van der Waals surface area (Å²) in [5, 5.41) is 0. The number of benzene rings is 1. The fourth-order valence-electron chi connectivity index (χ4n) is 2.06. The van der Waals surface area contributed by atoms with Gasteiger partial charge in [-0.2, -0.15) is 0 Å². The molecule has 116 valence electrons. The van der Waals surface area contributed by atoms with E-state index in [0.29, 0.717) is 11.4 Å². The second kappa shape index (κ2) is 8.62. The Kier molecular flexibility index (Phi) is 8.35. The van der Waals surface area contributed by atoms with E-state index in [4.69, 9.17) is 5.73 Å². The Morgan fingerprint density at radius 1 is 1.30 bits per heavy atom. The van der Waals surface area contributed by atoms with Gasteiger partial charge in [-0.3, -0.25) is 0 Å². The predicted molar refractivity (Wildman–Crippen MR) is 85.9 cm³/mol. The van der Waals surface area contributed by atoms with E-state index in [1.54, 1.807) is 6.07 Å². The molecule has 0 heterocycles. The number of sulfonamides is 1. The molecule has 3 N–H and O–H groups in total. The average Bonchev–Trinajstić information content (AvgIpc) is 2.33. The van der Waals surface area contributed by atoms with Gasteiger partial charge >= 0.3 is 0 Å². The van der Waals surface area contributed by atoms with Gasteiger partial charge in [-0.1, -0.05) is 37.5 Å². The number of halogens is 1. The first kappa shape index (κ1) is 19.4. The lowest BCUT2D eigenvalue weighted by Crippen LogP contribution is -2.40. The second-order valence-corrected chi connectivity index (χ2v) is 6.65. The molecule has 0 aliphatic rings. The third-order valence-corrected chi connectivity index (χ3v) is 4.81. The maximum atomic E-state index is 12.3. The highest BCUT2D eigenvalue weighted by atomic mass is 35.5. The maximum absolute atomic E-state index is 12.3. The van der Waals surface area contributed by atoms with Crippen LogP contribution < -0.4 is 10.5 Å². The summed E-state index contributed by atoms with van der Waals surface area (Å²) in [5.41, 5.74) is 7.45. The first-order valence-corrected chi connectivity index (χ1v) is 8.18. The predicted octanol–water partition coefficient (Wildman–Crippen LogP) is 2.52. The van der Waals surface area contributed by atoms with Gasteiger partial charge in [0.05, 0.1) is 4.90 Å². The van der Waals surface area contributed by atoms with Gasteiger partial charge in [0.1, 0.15) is 0 Å². The molecule has 0 saturated heterocycles. The van der Waals surface area contributed by atoms with Crippen LogP contribution in [0.15, 0.2) is 23.1 Å². The number of rotatable bonds is 7. The van der Waals surface area contributed by atoms with Crippen LogP contribution in [0.4, 0.5) is 0 Å². The van der Waals surface area contributed by atoms with E-state index in [2.05, 4.69) is 11.6 Å². The summed E-state index contributed by atoms with van der Waals surface area (Å²) in [6.07, 6.45) is 2.77. The van der Waals surface area contributed by atoms with Crippen LogP contribution in [0, 0.1) is 13.8 Å². The van der Waals surface area contributed by atoms with Crippen molar-refractivity contribution >= 4 is 22.4 Å². The summed E-state index contributed by atoms with van der Waals surface area (Å²) in [6.45, 7) is 6.15. The molecule has 4 nitrogen and oxygen atoms in total. The molecule has 0 fully saturated rings. The summed E-state index contributed by atoms with van der Waals surface area (Å²) in [6, 6.07) is 5.15. The number of nitrogens with two attached hydrogens (primary N) is 1. The van der Waals surface area contributed by atoms with Gasteiger partial charge in [-0.25, -0.2) is 13.1 Å². The third kappa shape index (κ3) is 5.40. The molecule has 1 unspecified atom stereocenters. The SMILES string of the molecule is CCCCC(CN)NS(=O)(=O)c1ccc(C)cc1C.Cl. The summed E-state index contributed by atoms with van der Waals surface area (Å²) < 4.78 is 27.4. The van der Waals surface area contributed by atoms with Crippen molar-refractivity contribution in [1.29, 1.82) is 0 Å². The maximum Gasteiger partial charge on any atom is 0.241 e. The van der Waals surface area contributed by atoms with Gasteiger partial charge in [0.25, 0.3) is 0 Å². The van der Waals surface area contributed by atoms with Crippen molar-refractivity contribution in [2.75, 3.05) is 6.54 Å². The molecule has 0 aliphatic heterocycles. The zero-order valence-electron chi connectivity index (χ0n) is 12.3. The number of aryl methyl sites for hydroxylation is 2. The number of hydrogen-bond donors (Lipinski definition) is 2. The molecule has 20 heavy (non-hydrogen) atoms. The quantitative estimate of drug-likeness (QED) is 0.811. The molecule has 0 spiro atoms. The number of nitrogens with one attached hydrogen (secondary N) is 1. The van der Waals surface area contributed by atoms with Gasteiger partial charge in [-0.15, -0.1) is 12.4 Å². The highest BCUT2D eigenvalue weighted by molar-refractivity contribution is 7.89. The van der Waals surface area contributed by atoms with E-state index in [1.165, 1.54) is 0 Å². The monoisotopic (exact) mass is 320 g/mol. The van der Waals surface area contributed by atoms with Gasteiger partial charge in [0.15, 0.2) is 0 Å². The molecule has 0 amide bonds. The number of hydrogen-bond acceptors (Lipinski definition) is 3. The van der Waals surface area contributed by atoms with Crippen LogP contribution in [0.2, 0.25) is 0 Å². The fourth-order valence-corrected chi connectivity index (χ4v) is 3.57. The van der Waals surface area contributed by atoms with Gasteiger partial charge < -0.3 is 5.73 Å². The summed E-state index contributed by atoms with van der Waals surface area (Å²) in [5.74, 6) is 0. The Morgan fingerprint density at radius 3 is 2.45 bits per heavy atom. The molecule has 0 aromatic heterocycles. The molecule has 1 atom stereocenters. The molecule has 1 aromatic carbocycles. The summed E-state index contributed by atoms with van der Waals surface area (Å²) in [7, 11) is -3.48. The Bertz CT molecular complexity index is 518. The van der Waals surface area contributed by atoms with Crippen LogP contribution in [0.1, 0.15) is 37.3 Å². The van der Waals surface area contributed by atoms with Crippen molar-refractivity contribution in [3.8, 4) is 0 Å². The Labute approximate surface area is 128 Å². The molecule has 1 rings (SSSR count). The lowest BCUT2D eigenvalue weighted by Gasteiger charge is -2.17. The zero-order valence-corrected chi connectivity index (χ0v) is 14.0. The van der Waals surface area contributed by atoms with E-state index < -0.39 is 10.0 Å². The molecule has 0 saturated carbocycles. The Balaban J connectivity index is 0.00000361. The fraction of sp³-hybridized carbons (Fsp3) is 0.571. The van der Waals surface area contributed by atoms with Crippen LogP contribution in [0.3, 0.4) is 0 Å². The van der Waals surface area contributed by atoms with Crippen molar-refractivity contribution in [1.82, 2.24) is 4.72 Å². The highest BCUT2D eigenvalue weighted by Crippen LogP contribution is 2.17. The molecule has 0 aliphatic carbocycles. The first-order chi connectivity index (χ1) is 8.90. The van der Waals surface area contributed by atoms with Crippen molar-refractivity contribution < 1.29 is 8.42 Å². The summed E-state index contributed by atoms with van der Waals surface area (Å²) in [4.78, 5) is 0.341. The van der Waals surface area contributed by atoms with E-state index in [-0.39, 0.29) is 18.4 Å². The topological polar surface area (TPSA) is 72.2 Å². The van der Waals surface area contributed by atoms with E-state index in [0.717, 1.165) is 30.4 Å². The van der Waals surface area contributed by atoms with E-state index >= 15 is 0 Å². The van der Waals surface area contributed by atoms with Crippen molar-refractivity contribution in [2.45, 2.75) is 51.0 Å². The highest BCUT2D eigenvalue weighted by Gasteiger charge is 2.20. The Hall–Kier alpha value is -0.620. The summed E-state index contributed by atoms with van der Waals surface area (Å²) >= 11 is 0. The lowest BCUT2D eigenvalue weighted by molar-refractivity contribution is 0.516. The normalized spacial score (nSPS) is 12.8. The van der Waals surface area contributed by atoms with Crippen molar-refractivity contribution in [2.24, 2.45) is 5.73 Å². The Morgan fingerprint density at radius 2 is 1.95 bits per heavy atom. The van der Waals surface area contributed by atoms with Gasteiger partial charge in [0, 0.05) is 12.6 Å². The van der Waals surface area contributed by atoms with Crippen LogP contribution in [-0.2, 0) is 10.0 Å². The largest absolute Gasteiger partial charge is 0.329 e. The molecule has 0 radical (unpaired) electrons. The van der Waals surface area contributed by atoms with Gasteiger partial charge in [-0.05, 0) is 31.9 Å². The minimum atomic E-state index is -3.48. The van der Waals surface area contributed by atoms with Crippen LogP contribution in [0.5, 0.6) is 0 Å². The minimum absolute atomic E-state index is 0. The van der Waals surface area contributed by atoms with E-state index in [1.807, 2.05) is 26.0 Å². The van der Waals surface area contributed by atoms with Crippen LogP contribution >= 0.6 is 12.4 Å². The smallest absolute Gasteiger partial charge is 0.241 e. The number of unbranched alkanes of at least 4 members (excludes halogenated alkanes) is 1. The minimum Gasteiger partial charge on any atom is -0.329 e. The van der Waals surface area contributed by atoms with Gasteiger partial charge in [0.2, 0.25) is 10.0 Å². The standard InChI is InChI=1S/C14H24N2O2S.ClH/c1-4-5-6-13(10-15)16-19(17,18)14-8-7-11(2)9-12(14)3;/h7-9,13,16H,4-6,10,15H2,1-3H3;1H. The molecular formula is C14H25ClN2O2S. The molecule has 0 bridgehead atoms. The third-order valence-electron chi connectivity index (χ3n) is 3.13.